The minimum Gasteiger partial charge on any atom is -0.353 e. The van der Waals surface area contributed by atoms with Gasteiger partial charge in [0.25, 0.3) is 0 Å². The third-order valence-electron chi connectivity index (χ3n) is 6.15. The van der Waals surface area contributed by atoms with Crippen LogP contribution in [0.1, 0.15) is 44.7 Å². The molecule has 1 N–H and O–H groups in total. The first-order valence-electron chi connectivity index (χ1n) is 8.50. The molecule has 3 aliphatic rings. The molecule has 0 spiro atoms. The Kier molecular flexibility index (Phi) is 3.27. The zero-order valence-corrected chi connectivity index (χ0v) is 12.8. The molecule has 0 radical (unpaired) electrons. The van der Waals surface area contributed by atoms with Crippen LogP contribution in [0.25, 0.3) is 0 Å². The maximum atomic E-state index is 12.6. The van der Waals surface area contributed by atoms with Crippen LogP contribution in [0.4, 0.5) is 0 Å². The Morgan fingerprint density at radius 1 is 1.38 bits per heavy atom. The summed E-state index contributed by atoms with van der Waals surface area (Å²) in [6.07, 6.45) is 11.1. The molecule has 0 aromatic carbocycles. The molecule has 0 saturated heterocycles. The van der Waals surface area contributed by atoms with Crippen LogP contribution in [0, 0.1) is 23.7 Å². The Morgan fingerprint density at radius 3 is 3.05 bits per heavy atom. The highest BCUT2D eigenvalue weighted by Crippen LogP contribution is 2.49. The fourth-order valence-corrected chi connectivity index (χ4v) is 4.95. The lowest BCUT2D eigenvalue weighted by atomic mass is 9.83. The zero-order chi connectivity index (χ0) is 14.4. The van der Waals surface area contributed by atoms with Crippen LogP contribution in [-0.4, -0.2) is 21.5 Å². The van der Waals surface area contributed by atoms with Gasteiger partial charge in [-0.2, -0.15) is 0 Å². The van der Waals surface area contributed by atoms with E-state index >= 15 is 0 Å². The summed E-state index contributed by atoms with van der Waals surface area (Å²) in [7, 11) is 0. The number of imidazole rings is 1. The normalized spacial score (nSPS) is 35.5. The van der Waals surface area contributed by atoms with Crippen molar-refractivity contribution in [2.45, 2.75) is 58.0 Å². The molecule has 2 aliphatic carbocycles. The lowest BCUT2D eigenvalue weighted by Gasteiger charge is -2.31. The summed E-state index contributed by atoms with van der Waals surface area (Å²) in [6.45, 7) is 3.15. The van der Waals surface area contributed by atoms with E-state index in [0.29, 0.717) is 6.04 Å². The Labute approximate surface area is 126 Å². The first-order valence-corrected chi connectivity index (χ1v) is 8.50. The first-order chi connectivity index (χ1) is 10.2. The van der Waals surface area contributed by atoms with Gasteiger partial charge in [0.05, 0.1) is 6.33 Å². The van der Waals surface area contributed by atoms with Gasteiger partial charge in [0.2, 0.25) is 5.91 Å². The van der Waals surface area contributed by atoms with Gasteiger partial charge in [0.1, 0.15) is 0 Å². The van der Waals surface area contributed by atoms with Crippen molar-refractivity contribution in [2.75, 3.05) is 0 Å². The third kappa shape index (κ3) is 2.39. The largest absolute Gasteiger partial charge is 0.353 e. The van der Waals surface area contributed by atoms with Crippen LogP contribution in [0.15, 0.2) is 12.5 Å². The molecule has 4 rings (SSSR count). The van der Waals surface area contributed by atoms with E-state index in [4.69, 9.17) is 0 Å². The van der Waals surface area contributed by atoms with Crippen LogP contribution >= 0.6 is 0 Å². The number of nitrogens with one attached hydrogen (secondary N) is 1. The monoisotopic (exact) mass is 287 g/mol. The number of fused-ring (bicyclic) bond motifs is 3. The fourth-order valence-electron chi connectivity index (χ4n) is 4.95. The molecule has 4 heteroatoms. The molecule has 2 heterocycles. The summed E-state index contributed by atoms with van der Waals surface area (Å²) in [5, 5.41) is 3.33. The topological polar surface area (TPSA) is 46.9 Å². The molecule has 1 aromatic rings. The molecule has 2 bridgehead atoms. The fraction of sp³-hybridized carbons (Fsp3) is 0.765. The predicted octanol–water partition coefficient (Wildman–Crippen LogP) is 2.39. The van der Waals surface area contributed by atoms with E-state index in [0.717, 1.165) is 37.1 Å². The molecule has 21 heavy (non-hydrogen) atoms. The van der Waals surface area contributed by atoms with Crippen molar-refractivity contribution in [3.8, 4) is 0 Å². The van der Waals surface area contributed by atoms with Gasteiger partial charge in [-0.1, -0.05) is 6.42 Å². The smallest absolute Gasteiger partial charge is 0.223 e. The second-order valence-corrected chi connectivity index (χ2v) is 7.40. The van der Waals surface area contributed by atoms with E-state index in [9.17, 15) is 4.79 Å². The number of aromatic nitrogens is 2. The summed E-state index contributed by atoms with van der Waals surface area (Å²) in [5.41, 5.74) is 1.20. The van der Waals surface area contributed by atoms with E-state index in [2.05, 4.69) is 21.8 Å². The molecule has 5 unspecified atom stereocenters. The van der Waals surface area contributed by atoms with E-state index in [1.807, 2.05) is 12.5 Å². The third-order valence-corrected chi connectivity index (χ3v) is 6.15. The van der Waals surface area contributed by atoms with Gasteiger partial charge in [-0.25, -0.2) is 4.98 Å². The van der Waals surface area contributed by atoms with Gasteiger partial charge < -0.3 is 9.88 Å². The quantitative estimate of drug-likeness (QED) is 0.928. The molecule has 2 saturated carbocycles. The number of amides is 1. The zero-order valence-electron chi connectivity index (χ0n) is 12.8. The molecule has 1 aliphatic heterocycles. The molecule has 2 fully saturated rings. The molecule has 4 nitrogen and oxygen atoms in total. The summed E-state index contributed by atoms with van der Waals surface area (Å²) in [5.74, 6) is 2.94. The second-order valence-electron chi connectivity index (χ2n) is 7.40. The average molecular weight is 287 g/mol. The van der Waals surface area contributed by atoms with Gasteiger partial charge >= 0.3 is 0 Å². The highest BCUT2D eigenvalue weighted by molar-refractivity contribution is 5.79. The van der Waals surface area contributed by atoms with E-state index in [1.54, 1.807) is 0 Å². The second kappa shape index (κ2) is 5.15. The number of carbonyl (C=O) groups excluding carboxylic acids is 1. The molecule has 1 amide bonds. The molecular weight excluding hydrogens is 262 g/mol. The van der Waals surface area contributed by atoms with Gasteiger partial charge in [-0.15, -0.1) is 0 Å². The van der Waals surface area contributed by atoms with Gasteiger partial charge in [0.15, 0.2) is 0 Å². The van der Waals surface area contributed by atoms with Gasteiger partial charge in [-0.3, -0.25) is 4.79 Å². The van der Waals surface area contributed by atoms with Crippen LogP contribution in [0.5, 0.6) is 0 Å². The molecular formula is C17H25N3O. The Bertz CT molecular complexity index is 538. The van der Waals surface area contributed by atoms with Crippen molar-refractivity contribution in [2.24, 2.45) is 23.7 Å². The van der Waals surface area contributed by atoms with Crippen molar-refractivity contribution in [1.82, 2.24) is 14.9 Å². The minimum atomic E-state index is 0.134. The number of hydrogen-bond acceptors (Lipinski definition) is 2. The maximum absolute atomic E-state index is 12.6. The lowest BCUT2D eigenvalue weighted by Crippen LogP contribution is -2.44. The predicted molar refractivity (Wildman–Crippen MR) is 80.6 cm³/mol. The van der Waals surface area contributed by atoms with E-state index < -0.39 is 0 Å². The summed E-state index contributed by atoms with van der Waals surface area (Å²) >= 11 is 0. The van der Waals surface area contributed by atoms with Crippen molar-refractivity contribution in [3.05, 3.63) is 18.2 Å². The number of carbonyl (C=O) groups is 1. The highest BCUT2D eigenvalue weighted by Gasteiger charge is 2.42. The lowest BCUT2D eigenvalue weighted by molar-refractivity contribution is -0.126. The Morgan fingerprint density at radius 2 is 2.29 bits per heavy atom. The summed E-state index contributed by atoms with van der Waals surface area (Å²) < 4.78 is 2.17. The van der Waals surface area contributed by atoms with Crippen LogP contribution < -0.4 is 5.32 Å². The van der Waals surface area contributed by atoms with Crippen LogP contribution in [0.2, 0.25) is 0 Å². The van der Waals surface area contributed by atoms with Crippen LogP contribution in [-0.2, 0) is 17.8 Å². The number of aryl methyl sites for hydroxylation is 1. The maximum Gasteiger partial charge on any atom is 0.223 e. The van der Waals surface area contributed by atoms with Crippen molar-refractivity contribution < 1.29 is 4.79 Å². The minimum absolute atomic E-state index is 0.134. The van der Waals surface area contributed by atoms with E-state index in [1.165, 1.54) is 31.4 Å². The molecule has 5 atom stereocenters. The standard InChI is InChI=1S/C17H25N3O/c1-11(16-7-12-2-3-13(16)6-12)19-17(21)14-4-5-20-10-18-9-15(20)8-14/h9-14,16H,2-8H2,1H3,(H,19,21). The van der Waals surface area contributed by atoms with Crippen molar-refractivity contribution in [3.63, 3.8) is 0 Å². The van der Waals surface area contributed by atoms with Crippen LogP contribution in [0.3, 0.4) is 0 Å². The average Bonchev–Trinajstić information content (AvgIpc) is 3.21. The highest BCUT2D eigenvalue weighted by atomic mass is 16.1. The SMILES string of the molecule is CC(NC(=O)C1CCn2cncc2C1)C1CC2CCC1C2. The Hall–Kier alpha value is -1.32. The number of hydrogen-bond donors (Lipinski definition) is 1. The van der Waals surface area contributed by atoms with Crippen molar-refractivity contribution >= 4 is 5.91 Å². The molecule has 114 valence electrons. The Balaban J connectivity index is 1.36. The summed E-state index contributed by atoms with van der Waals surface area (Å²) in [6, 6.07) is 0.347. The van der Waals surface area contributed by atoms with Crippen molar-refractivity contribution in [1.29, 1.82) is 0 Å². The number of nitrogens with zero attached hydrogens (tertiary/aromatic N) is 2. The number of rotatable bonds is 3. The first kappa shape index (κ1) is 13.4. The van der Waals surface area contributed by atoms with Gasteiger partial charge in [-0.05, 0) is 50.4 Å². The van der Waals surface area contributed by atoms with E-state index in [-0.39, 0.29) is 11.8 Å². The summed E-state index contributed by atoms with van der Waals surface area (Å²) in [4.78, 5) is 16.7. The van der Waals surface area contributed by atoms with Gasteiger partial charge in [0, 0.05) is 36.8 Å². The molecule has 1 aromatic heterocycles.